The lowest BCUT2D eigenvalue weighted by molar-refractivity contribution is -0.127. The van der Waals surface area contributed by atoms with Gasteiger partial charge in [0, 0.05) is 18.9 Å². The minimum atomic E-state index is -0.126. The summed E-state index contributed by atoms with van der Waals surface area (Å²) in [5.74, 6) is 2.55. The lowest BCUT2D eigenvalue weighted by Gasteiger charge is -2.34. The van der Waals surface area contributed by atoms with E-state index in [1.54, 1.807) is 0 Å². The van der Waals surface area contributed by atoms with E-state index in [0.717, 1.165) is 17.9 Å². The summed E-state index contributed by atoms with van der Waals surface area (Å²) in [7, 11) is 0. The van der Waals surface area contributed by atoms with E-state index in [9.17, 15) is 9.59 Å². The van der Waals surface area contributed by atoms with Gasteiger partial charge in [0.05, 0.1) is 6.54 Å². The molecule has 1 aliphatic carbocycles. The maximum absolute atomic E-state index is 12.0. The lowest BCUT2D eigenvalue weighted by Crippen LogP contribution is -2.43. The largest absolute Gasteiger partial charge is 0.465 e. The number of carbonyl (C=O) groups excluding carboxylic acids is 2. The second kappa shape index (κ2) is 8.18. The van der Waals surface area contributed by atoms with E-state index in [-0.39, 0.29) is 30.7 Å². The molecule has 23 heavy (non-hydrogen) atoms. The molecule has 0 radical (unpaired) electrons. The summed E-state index contributed by atoms with van der Waals surface area (Å²) in [5.41, 5.74) is 0. The molecule has 0 aromatic carbocycles. The van der Waals surface area contributed by atoms with Crippen LogP contribution < -0.4 is 10.6 Å². The lowest BCUT2D eigenvalue weighted by atomic mass is 9.78. The van der Waals surface area contributed by atoms with Crippen molar-refractivity contribution in [2.24, 2.45) is 11.8 Å². The highest BCUT2D eigenvalue weighted by atomic mass is 16.3. The van der Waals surface area contributed by atoms with Gasteiger partial charge in [-0.2, -0.15) is 0 Å². The zero-order valence-electron chi connectivity index (χ0n) is 14.4. The van der Waals surface area contributed by atoms with Crippen molar-refractivity contribution in [1.29, 1.82) is 0 Å². The van der Waals surface area contributed by atoms with Gasteiger partial charge in [0.2, 0.25) is 11.8 Å². The third kappa shape index (κ3) is 5.41. The topological polar surface area (TPSA) is 71.3 Å². The molecule has 3 atom stereocenters. The van der Waals surface area contributed by atoms with E-state index in [4.69, 9.17) is 4.42 Å². The molecule has 128 valence electrons. The molecule has 1 aromatic rings. The van der Waals surface area contributed by atoms with Crippen LogP contribution in [0.15, 0.2) is 16.5 Å². The summed E-state index contributed by atoms with van der Waals surface area (Å²) < 4.78 is 5.39. The van der Waals surface area contributed by atoms with Gasteiger partial charge in [0.15, 0.2) is 0 Å². The zero-order chi connectivity index (χ0) is 16.8. The Morgan fingerprint density at radius 2 is 1.91 bits per heavy atom. The van der Waals surface area contributed by atoms with Gasteiger partial charge < -0.3 is 15.1 Å². The van der Waals surface area contributed by atoms with E-state index in [2.05, 4.69) is 24.5 Å². The van der Waals surface area contributed by atoms with Gasteiger partial charge in [-0.3, -0.25) is 9.59 Å². The standard InChI is InChI=1S/C18H28N2O3/c1-12-5-4-6-16(14(12)3)20-18(22)10-9-17(21)19-11-15-8-7-13(2)23-15/h7-8,12,14,16H,4-6,9-11H2,1-3H3,(H,19,21)(H,20,22). The van der Waals surface area contributed by atoms with Gasteiger partial charge in [-0.15, -0.1) is 0 Å². The van der Waals surface area contributed by atoms with Crippen LogP contribution in [-0.4, -0.2) is 17.9 Å². The first-order valence-electron chi connectivity index (χ1n) is 8.57. The van der Waals surface area contributed by atoms with Crippen LogP contribution in [-0.2, 0) is 16.1 Å². The summed E-state index contributed by atoms with van der Waals surface area (Å²) in [6, 6.07) is 3.95. The molecular formula is C18H28N2O3. The Hall–Kier alpha value is -1.78. The van der Waals surface area contributed by atoms with E-state index < -0.39 is 0 Å². The van der Waals surface area contributed by atoms with Gasteiger partial charge in [-0.1, -0.05) is 26.7 Å². The number of nitrogens with one attached hydrogen (secondary N) is 2. The molecule has 2 rings (SSSR count). The fourth-order valence-corrected chi connectivity index (χ4v) is 3.15. The zero-order valence-corrected chi connectivity index (χ0v) is 14.4. The van der Waals surface area contributed by atoms with E-state index in [1.807, 2.05) is 19.1 Å². The van der Waals surface area contributed by atoms with Gasteiger partial charge in [-0.25, -0.2) is 0 Å². The van der Waals surface area contributed by atoms with Gasteiger partial charge >= 0.3 is 0 Å². The van der Waals surface area contributed by atoms with Crippen LogP contribution in [0.2, 0.25) is 0 Å². The Morgan fingerprint density at radius 1 is 1.17 bits per heavy atom. The molecule has 2 amide bonds. The number of furan rings is 1. The molecule has 1 aliphatic rings. The maximum Gasteiger partial charge on any atom is 0.220 e. The molecule has 0 bridgehead atoms. The predicted molar refractivity (Wildman–Crippen MR) is 88.6 cm³/mol. The Morgan fingerprint density at radius 3 is 2.61 bits per heavy atom. The van der Waals surface area contributed by atoms with Crippen molar-refractivity contribution in [1.82, 2.24) is 10.6 Å². The summed E-state index contributed by atoms with van der Waals surface area (Å²) in [4.78, 5) is 23.8. The molecule has 5 nitrogen and oxygen atoms in total. The number of hydrogen-bond donors (Lipinski definition) is 2. The molecule has 1 saturated carbocycles. The van der Waals surface area contributed by atoms with Gasteiger partial charge in [0.25, 0.3) is 0 Å². The van der Waals surface area contributed by atoms with Crippen LogP contribution in [0.25, 0.3) is 0 Å². The number of carbonyl (C=O) groups is 2. The van der Waals surface area contributed by atoms with Crippen molar-refractivity contribution >= 4 is 11.8 Å². The maximum atomic E-state index is 12.0. The normalized spacial score (nSPS) is 24.2. The van der Waals surface area contributed by atoms with Crippen LogP contribution >= 0.6 is 0 Å². The highest BCUT2D eigenvalue weighted by molar-refractivity contribution is 5.83. The Kier molecular flexibility index (Phi) is 6.25. The Balaban J connectivity index is 1.66. The van der Waals surface area contributed by atoms with Crippen LogP contribution in [0.4, 0.5) is 0 Å². The van der Waals surface area contributed by atoms with Crippen molar-refractivity contribution in [3.05, 3.63) is 23.7 Å². The average molecular weight is 320 g/mol. The molecule has 0 spiro atoms. The highest BCUT2D eigenvalue weighted by Crippen LogP contribution is 2.29. The molecule has 3 unspecified atom stereocenters. The number of rotatable bonds is 6. The third-order valence-corrected chi connectivity index (χ3v) is 4.89. The molecule has 0 saturated heterocycles. The number of aryl methyl sites for hydroxylation is 1. The molecule has 1 aromatic heterocycles. The van der Waals surface area contributed by atoms with Crippen molar-refractivity contribution in [2.45, 2.75) is 65.5 Å². The predicted octanol–water partition coefficient (Wildman–Crippen LogP) is 2.93. The number of amides is 2. The Bertz CT molecular complexity index is 538. The fraction of sp³-hybridized carbons (Fsp3) is 0.667. The summed E-state index contributed by atoms with van der Waals surface area (Å²) >= 11 is 0. The third-order valence-electron chi connectivity index (χ3n) is 4.89. The first-order chi connectivity index (χ1) is 11.0. The molecule has 2 N–H and O–H groups in total. The summed E-state index contributed by atoms with van der Waals surface area (Å²) in [6.07, 6.45) is 3.89. The van der Waals surface area contributed by atoms with E-state index >= 15 is 0 Å². The van der Waals surface area contributed by atoms with Crippen LogP contribution in [0.1, 0.15) is 57.5 Å². The summed E-state index contributed by atoms with van der Waals surface area (Å²) in [5, 5.41) is 5.87. The Labute approximate surface area is 138 Å². The average Bonchev–Trinajstić information content (AvgIpc) is 2.93. The van der Waals surface area contributed by atoms with Gasteiger partial charge in [-0.05, 0) is 37.3 Å². The SMILES string of the molecule is Cc1ccc(CNC(=O)CCC(=O)NC2CCCC(C)C2C)o1. The molecular weight excluding hydrogens is 292 g/mol. The monoisotopic (exact) mass is 320 g/mol. The molecule has 5 heteroatoms. The minimum Gasteiger partial charge on any atom is -0.465 e. The molecule has 1 fully saturated rings. The second-order valence-corrected chi connectivity index (χ2v) is 6.73. The quantitative estimate of drug-likeness (QED) is 0.846. The fourth-order valence-electron chi connectivity index (χ4n) is 3.15. The first-order valence-corrected chi connectivity index (χ1v) is 8.57. The second-order valence-electron chi connectivity index (χ2n) is 6.73. The van der Waals surface area contributed by atoms with Crippen molar-refractivity contribution in [3.63, 3.8) is 0 Å². The first kappa shape index (κ1) is 17.6. The highest BCUT2D eigenvalue weighted by Gasteiger charge is 2.28. The smallest absolute Gasteiger partial charge is 0.220 e. The summed E-state index contributed by atoms with van der Waals surface area (Å²) in [6.45, 7) is 6.67. The molecule has 0 aliphatic heterocycles. The van der Waals surface area contributed by atoms with Crippen LogP contribution in [0.5, 0.6) is 0 Å². The number of hydrogen-bond acceptors (Lipinski definition) is 3. The van der Waals surface area contributed by atoms with Crippen molar-refractivity contribution in [3.8, 4) is 0 Å². The van der Waals surface area contributed by atoms with Gasteiger partial charge in [0.1, 0.15) is 11.5 Å². The molecule has 1 heterocycles. The van der Waals surface area contributed by atoms with Crippen LogP contribution in [0, 0.1) is 18.8 Å². The van der Waals surface area contributed by atoms with E-state index in [1.165, 1.54) is 12.8 Å². The van der Waals surface area contributed by atoms with Crippen LogP contribution in [0.3, 0.4) is 0 Å². The van der Waals surface area contributed by atoms with Crippen molar-refractivity contribution in [2.75, 3.05) is 0 Å². The van der Waals surface area contributed by atoms with E-state index in [0.29, 0.717) is 18.4 Å². The van der Waals surface area contributed by atoms with Crippen molar-refractivity contribution < 1.29 is 14.0 Å². The minimum absolute atomic E-state index is 0.0278.